The minimum absolute atomic E-state index is 0.480. The van der Waals surface area contributed by atoms with Crippen LogP contribution < -0.4 is 0 Å². The monoisotopic (exact) mass is 414 g/mol. The summed E-state index contributed by atoms with van der Waals surface area (Å²) in [6.07, 6.45) is -1.42. The highest BCUT2D eigenvalue weighted by Crippen LogP contribution is 2.75. The van der Waals surface area contributed by atoms with Crippen LogP contribution in [0.4, 0.5) is 0 Å². The molecular formula is C24H30O6. The lowest BCUT2D eigenvalue weighted by molar-refractivity contribution is -0.459. The molecule has 0 saturated heterocycles. The zero-order valence-corrected chi connectivity index (χ0v) is 17.2. The summed E-state index contributed by atoms with van der Waals surface area (Å²) < 4.78 is 0. The first-order valence-corrected chi connectivity index (χ1v) is 10.5. The predicted molar refractivity (Wildman–Crippen MR) is 111 cm³/mol. The number of aliphatic hydroxyl groups excluding tert-OH is 3. The Morgan fingerprint density at radius 2 is 1.30 bits per heavy atom. The first-order valence-electron chi connectivity index (χ1n) is 10.5. The fourth-order valence-corrected chi connectivity index (χ4v) is 5.72. The molecule has 6 N–H and O–H groups in total. The Bertz CT molecular complexity index is 910. The number of hydrogen-bond donors (Lipinski definition) is 6. The quantitative estimate of drug-likeness (QED) is 0.412. The largest absolute Gasteiger partial charge is 0.394 e. The van der Waals surface area contributed by atoms with Crippen molar-refractivity contribution in [1.82, 2.24) is 0 Å². The molecule has 30 heavy (non-hydrogen) atoms. The molecule has 0 heterocycles. The van der Waals surface area contributed by atoms with Crippen LogP contribution in [-0.4, -0.2) is 66.3 Å². The Balaban J connectivity index is 1.80. The van der Waals surface area contributed by atoms with Crippen LogP contribution in [-0.2, 0) is 12.8 Å². The first-order chi connectivity index (χ1) is 14.2. The molecule has 6 nitrogen and oxygen atoms in total. The van der Waals surface area contributed by atoms with Crippen molar-refractivity contribution in [3.05, 3.63) is 70.8 Å². The fraction of sp³-hybridized carbons (Fsp3) is 0.500. The van der Waals surface area contributed by atoms with Crippen LogP contribution in [0.5, 0.6) is 0 Å². The summed E-state index contributed by atoms with van der Waals surface area (Å²) in [7, 11) is 0. The van der Waals surface area contributed by atoms with Gasteiger partial charge in [-0.2, -0.15) is 0 Å². The Hall–Kier alpha value is -1.80. The Morgan fingerprint density at radius 1 is 0.833 bits per heavy atom. The summed E-state index contributed by atoms with van der Waals surface area (Å²) in [6, 6.07) is 14.3. The molecule has 2 aliphatic rings. The molecule has 7 atom stereocenters. The van der Waals surface area contributed by atoms with Crippen molar-refractivity contribution in [3.63, 3.8) is 0 Å². The van der Waals surface area contributed by atoms with Crippen molar-refractivity contribution in [2.24, 2.45) is 0 Å². The lowest BCUT2D eigenvalue weighted by atomic mass is 9.30. The van der Waals surface area contributed by atoms with Crippen LogP contribution in [0.15, 0.2) is 48.5 Å². The highest BCUT2D eigenvalue weighted by Gasteiger charge is 2.93. The number of benzene rings is 2. The molecule has 6 heteroatoms. The smallest absolute Gasteiger partial charge is 0.138 e. The second kappa shape index (κ2) is 7.12. The number of hydrogen-bond acceptors (Lipinski definition) is 6. The second-order valence-corrected chi connectivity index (χ2v) is 8.66. The molecule has 0 bridgehead atoms. The van der Waals surface area contributed by atoms with E-state index in [4.69, 9.17) is 0 Å². The van der Waals surface area contributed by atoms with Crippen molar-refractivity contribution in [1.29, 1.82) is 0 Å². The topological polar surface area (TPSA) is 121 Å². The van der Waals surface area contributed by atoms with Gasteiger partial charge in [-0.05, 0) is 35.1 Å². The van der Waals surface area contributed by atoms with Crippen molar-refractivity contribution < 1.29 is 30.6 Å². The van der Waals surface area contributed by atoms with E-state index in [9.17, 15) is 30.6 Å². The van der Waals surface area contributed by atoms with Gasteiger partial charge in [0.1, 0.15) is 22.9 Å². The molecule has 2 aromatic rings. The highest BCUT2D eigenvalue weighted by atomic mass is 16.5. The van der Waals surface area contributed by atoms with E-state index in [1.165, 1.54) is 0 Å². The van der Waals surface area contributed by atoms with E-state index in [1.54, 1.807) is 24.3 Å². The summed E-state index contributed by atoms with van der Waals surface area (Å²) in [5, 5.41) is 65.7. The van der Waals surface area contributed by atoms with Gasteiger partial charge in [-0.15, -0.1) is 0 Å². The van der Waals surface area contributed by atoms with E-state index in [0.717, 1.165) is 24.0 Å². The third-order valence-corrected chi connectivity index (χ3v) is 7.47. The van der Waals surface area contributed by atoms with Crippen molar-refractivity contribution in [2.45, 2.75) is 67.5 Å². The Morgan fingerprint density at radius 3 is 1.73 bits per heavy atom. The minimum atomic E-state index is -2.24. The first kappa shape index (κ1) is 21.4. The summed E-state index contributed by atoms with van der Waals surface area (Å²) in [5.74, 6) is -2.17. The molecule has 0 spiro atoms. The minimum Gasteiger partial charge on any atom is -0.394 e. The third kappa shape index (κ3) is 2.35. The fourth-order valence-electron chi connectivity index (χ4n) is 5.72. The van der Waals surface area contributed by atoms with Crippen LogP contribution in [0.1, 0.15) is 47.9 Å². The normalized spacial score (nSPS) is 38.3. The third-order valence-electron chi connectivity index (χ3n) is 7.47. The van der Waals surface area contributed by atoms with E-state index in [0.29, 0.717) is 11.1 Å². The molecule has 2 saturated carbocycles. The lowest BCUT2D eigenvalue weighted by Gasteiger charge is -2.80. The van der Waals surface area contributed by atoms with Crippen LogP contribution >= 0.6 is 0 Å². The van der Waals surface area contributed by atoms with Gasteiger partial charge in [-0.25, -0.2) is 0 Å². The molecule has 2 aliphatic carbocycles. The number of aliphatic hydroxyl groups is 6. The number of aryl methyl sites for hydroxylation is 2. The molecule has 0 aromatic heterocycles. The molecule has 2 fully saturated rings. The van der Waals surface area contributed by atoms with Gasteiger partial charge in [0.05, 0.1) is 18.6 Å². The van der Waals surface area contributed by atoms with E-state index in [1.807, 2.05) is 38.1 Å². The number of fused-ring (bicyclic) bond motifs is 1. The van der Waals surface area contributed by atoms with Gasteiger partial charge in [-0.3, -0.25) is 0 Å². The van der Waals surface area contributed by atoms with Crippen LogP contribution in [0.3, 0.4) is 0 Å². The molecule has 0 amide bonds. The van der Waals surface area contributed by atoms with Gasteiger partial charge in [0.2, 0.25) is 0 Å². The summed E-state index contributed by atoms with van der Waals surface area (Å²) in [6.45, 7) is 3.22. The summed E-state index contributed by atoms with van der Waals surface area (Å²) in [5.41, 5.74) is -3.36. The average molecular weight is 414 g/mol. The molecule has 162 valence electrons. The van der Waals surface area contributed by atoms with E-state index < -0.39 is 47.5 Å². The average Bonchev–Trinajstić information content (AvgIpc) is 2.78. The molecule has 4 rings (SSSR count). The maximum atomic E-state index is 11.6. The van der Waals surface area contributed by atoms with E-state index in [-0.39, 0.29) is 0 Å². The molecular weight excluding hydrogens is 384 g/mol. The molecule has 0 radical (unpaired) electrons. The predicted octanol–water partition coefficient (Wildman–Crippen LogP) is 0.613. The van der Waals surface area contributed by atoms with Gasteiger partial charge in [0.15, 0.2) is 0 Å². The highest BCUT2D eigenvalue weighted by molar-refractivity contribution is 5.56. The summed E-state index contributed by atoms with van der Waals surface area (Å²) >= 11 is 0. The van der Waals surface area contributed by atoms with E-state index >= 15 is 0 Å². The van der Waals surface area contributed by atoms with Crippen LogP contribution in [0, 0.1) is 0 Å². The van der Waals surface area contributed by atoms with Crippen molar-refractivity contribution in [2.75, 3.05) is 6.61 Å². The Labute approximate surface area is 176 Å². The summed E-state index contributed by atoms with van der Waals surface area (Å²) in [4.78, 5) is 0. The lowest BCUT2D eigenvalue weighted by Crippen LogP contribution is -2.99. The SMILES string of the molecule is CCc1ccc(C2C(O)[C@@]3(O)C(c4ccc(CC)cc4)[C@@](O)([C@H](O)CO)[C@@]23O)cc1. The van der Waals surface area contributed by atoms with Gasteiger partial charge in [0.25, 0.3) is 0 Å². The maximum absolute atomic E-state index is 11.6. The van der Waals surface area contributed by atoms with Crippen molar-refractivity contribution >= 4 is 0 Å². The standard InChI is InChI=1S/C24H30O6/c1-3-14-5-9-16(10-6-14)19-21(27)23(29)20(17-11-7-15(4-2)8-12-17)22(28,18(26)13-25)24(19,23)30/h5-12,18-21,25-30H,3-4,13H2,1-2H3/t18-,19?,20?,21?,22+,23+,24+/m1/s1. The van der Waals surface area contributed by atoms with E-state index in [2.05, 4.69) is 0 Å². The maximum Gasteiger partial charge on any atom is 0.138 e. The zero-order chi connectivity index (χ0) is 21.9. The van der Waals surface area contributed by atoms with Gasteiger partial charge >= 0.3 is 0 Å². The van der Waals surface area contributed by atoms with Crippen molar-refractivity contribution in [3.8, 4) is 0 Å². The van der Waals surface area contributed by atoms with Gasteiger partial charge in [0, 0.05) is 5.92 Å². The zero-order valence-electron chi connectivity index (χ0n) is 17.2. The van der Waals surface area contributed by atoms with Crippen LogP contribution in [0.25, 0.3) is 0 Å². The molecule has 2 aromatic carbocycles. The molecule has 0 aliphatic heterocycles. The van der Waals surface area contributed by atoms with Gasteiger partial charge < -0.3 is 30.6 Å². The second-order valence-electron chi connectivity index (χ2n) is 8.66. The van der Waals surface area contributed by atoms with Gasteiger partial charge in [-0.1, -0.05) is 62.4 Å². The Kier molecular flexibility index (Phi) is 5.09. The molecule has 3 unspecified atom stereocenters. The van der Waals surface area contributed by atoms with Crippen LogP contribution in [0.2, 0.25) is 0 Å². The number of rotatable bonds is 6.